The molecule has 0 saturated heterocycles. The first kappa shape index (κ1) is 17.6. The van der Waals surface area contributed by atoms with E-state index in [1.54, 1.807) is 19.2 Å². The summed E-state index contributed by atoms with van der Waals surface area (Å²) in [5, 5.41) is 16.9. The van der Waals surface area contributed by atoms with Gasteiger partial charge in [0.2, 0.25) is 5.91 Å². The van der Waals surface area contributed by atoms with E-state index in [2.05, 4.69) is 22.0 Å². The molecule has 0 aliphatic rings. The lowest BCUT2D eigenvalue weighted by Crippen LogP contribution is -2.46. The fourth-order valence-electron chi connectivity index (χ4n) is 1.92. The Morgan fingerprint density at radius 3 is 2.55 bits per heavy atom. The molecule has 1 heterocycles. The van der Waals surface area contributed by atoms with Gasteiger partial charge in [-0.1, -0.05) is 0 Å². The standard InChI is InChI=1S/C15H23N5O2/c1-6-17-13(21)10(2)18-14(22)19-12-7-11(8-16)9-20(12)15(3,4)5/h7,9-10H,6H2,1-5H3,(H,17,21)(H2,18,19,22)/t10-/m0/s1. The second-order valence-electron chi connectivity index (χ2n) is 5.98. The maximum Gasteiger partial charge on any atom is 0.321 e. The van der Waals surface area contributed by atoms with Crippen molar-refractivity contribution >= 4 is 17.8 Å². The Hall–Kier alpha value is -2.49. The molecule has 0 fully saturated rings. The number of rotatable bonds is 4. The molecule has 7 heteroatoms. The molecule has 0 saturated carbocycles. The molecular formula is C15H23N5O2. The van der Waals surface area contributed by atoms with Crippen LogP contribution >= 0.6 is 0 Å². The average molecular weight is 305 g/mol. The third-order valence-corrected chi connectivity index (χ3v) is 3.01. The van der Waals surface area contributed by atoms with Gasteiger partial charge in [0.25, 0.3) is 0 Å². The summed E-state index contributed by atoms with van der Waals surface area (Å²) in [7, 11) is 0. The van der Waals surface area contributed by atoms with Crippen LogP contribution < -0.4 is 16.0 Å². The van der Waals surface area contributed by atoms with Crippen LogP contribution in [0.4, 0.5) is 10.6 Å². The number of nitriles is 1. The van der Waals surface area contributed by atoms with Crippen molar-refractivity contribution in [1.82, 2.24) is 15.2 Å². The van der Waals surface area contributed by atoms with Crippen molar-refractivity contribution in [3.8, 4) is 6.07 Å². The number of anilines is 1. The third-order valence-electron chi connectivity index (χ3n) is 3.01. The number of carbonyl (C=O) groups excluding carboxylic acids is 2. The van der Waals surface area contributed by atoms with E-state index in [1.165, 1.54) is 0 Å². The minimum atomic E-state index is -0.645. The number of hydrogen-bond donors (Lipinski definition) is 3. The molecule has 0 spiro atoms. The second kappa shape index (κ2) is 6.98. The quantitative estimate of drug-likeness (QED) is 0.790. The molecule has 0 radical (unpaired) electrons. The van der Waals surface area contributed by atoms with Gasteiger partial charge in [-0.3, -0.25) is 10.1 Å². The van der Waals surface area contributed by atoms with Crippen molar-refractivity contribution in [3.63, 3.8) is 0 Å². The van der Waals surface area contributed by atoms with Gasteiger partial charge in [-0.05, 0) is 40.7 Å². The first-order chi connectivity index (χ1) is 10.2. The van der Waals surface area contributed by atoms with Gasteiger partial charge in [-0.2, -0.15) is 5.26 Å². The highest BCUT2D eigenvalue weighted by Gasteiger charge is 2.20. The molecule has 0 aliphatic carbocycles. The molecule has 0 aliphatic heterocycles. The number of carbonyl (C=O) groups is 2. The van der Waals surface area contributed by atoms with E-state index >= 15 is 0 Å². The number of urea groups is 1. The van der Waals surface area contributed by atoms with E-state index in [-0.39, 0.29) is 11.4 Å². The highest BCUT2D eigenvalue weighted by Crippen LogP contribution is 2.23. The van der Waals surface area contributed by atoms with Crippen LogP contribution in [0.3, 0.4) is 0 Å². The van der Waals surface area contributed by atoms with E-state index in [0.29, 0.717) is 17.9 Å². The fourth-order valence-corrected chi connectivity index (χ4v) is 1.92. The SMILES string of the molecule is CCNC(=O)[C@H](C)NC(=O)Nc1cc(C#N)cn1C(C)(C)C. The van der Waals surface area contributed by atoms with Crippen molar-refractivity contribution in [1.29, 1.82) is 5.26 Å². The molecule has 120 valence electrons. The molecule has 1 aromatic heterocycles. The van der Waals surface area contributed by atoms with Crippen LogP contribution in [0.15, 0.2) is 12.3 Å². The third kappa shape index (κ3) is 4.52. The van der Waals surface area contributed by atoms with Crippen molar-refractivity contribution < 1.29 is 9.59 Å². The highest BCUT2D eigenvalue weighted by molar-refractivity contribution is 5.93. The molecule has 7 nitrogen and oxygen atoms in total. The molecule has 1 rings (SSSR count). The topological polar surface area (TPSA) is 99.0 Å². The molecule has 0 unspecified atom stereocenters. The Labute approximate surface area is 130 Å². The Bertz CT molecular complexity index is 592. The smallest absolute Gasteiger partial charge is 0.321 e. The number of likely N-dealkylation sites (N-methyl/N-ethyl adjacent to an activating group) is 1. The zero-order valence-corrected chi connectivity index (χ0v) is 13.7. The van der Waals surface area contributed by atoms with Gasteiger partial charge < -0.3 is 15.2 Å². The lowest BCUT2D eigenvalue weighted by Gasteiger charge is -2.24. The Balaban J connectivity index is 2.83. The highest BCUT2D eigenvalue weighted by atomic mass is 16.2. The van der Waals surface area contributed by atoms with Gasteiger partial charge in [0.05, 0.1) is 5.56 Å². The van der Waals surface area contributed by atoms with Crippen LogP contribution in [-0.2, 0) is 10.3 Å². The average Bonchev–Trinajstić information content (AvgIpc) is 2.81. The number of aromatic nitrogens is 1. The summed E-state index contributed by atoms with van der Waals surface area (Å²) in [6.45, 7) is 9.82. The lowest BCUT2D eigenvalue weighted by atomic mass is 10.1. The lowest BCUT2D eigenvalue weighted by molar-refractivity contribution is -0.122. The second-order valence-corrected chi connectivity index (χ2v) is 5.98. The van der Waals surface area contributed by atoms with Gasteiger partial charge in [0, 0.05) is 18.3 Å². The molecule has 0 bridgehead atoms. The first-order valence-electron chi connectivity index (χ1n) is 7.17. The van der Waals surface area contributed by atoms with Crippen LogP contribution in [0.25, 0.3) is 0 Å². The van der Waals surface area contributed by atoms with E-state index in [1.807, 2.05) is 32.3 Å². The van der Waals surface area contributed by atoms with Gasteiger partial charge in [-0.25, -0.2) is 4.79 Å². The van der Waals surface area contributed by atoms with Gasteiger partial charge in [-0.15, -0.1) is 0 Å². The summed E-state index contributed by atoms with van der Waals surface area (Å²) in [6, 6.07) is 2.51. The normalized spacial score (nSPS) is 12.2. The van der Waals surface area contributed by atoms with Crippen molar-refractivity contribution in [2.75, 3.05) is 11.9 Å². The van der Waals surface area contributed by atoms with E-state index in [4.69, 9.17) is 5.26 Å². The van der Waals surface area contributed by atoms with Crippen molar-refractivity contribution in [2.24, 2.45) is 0 Å². The molecule has 0 aromatic carbocycles. The summed E-state index contributed by atoms with van der Waals surface area (Å²) in [4.78, 5) is 23.6. The Morgan fingerprint density at radius 2 is 2.05 bits per heavy atom. The van der Waals surface area contributed by atoms with Crippen molar-refractivity contribution in [3.05, 3.63) is 17.8 Å². The number of nitrogens with zero attached hydrogens (tertiary/aromatic N) is 2. The minimum absolute atomic E-state index is 0.249. The number of nitrogens with one attached hydrogen (secondary N) is 3. The fraction of sp³-hybridized carbons (Fsp3) is 0.533. The summed E-state index contributed by atoms with van der Waals surface area (Å²) in [5.41, 5.74) is 0.171. The summed E-state index contributed by atoms with van der Waals surface area (Å²) in [6.07, 6.45) is 1.68. The summed E-state index contributed by atoms with van der Waals surface area (Å²) in [5.74, 6) is 0.256. The molecule has 3 amide bonds. The van der Waals surface area contributed by atoms with Crippen LogP contribution in [0.5, 0.6) is 0 Å². The Morgan fingerprint density at radius 1 is 1.41 bits per heavy atom. The zero-order valence-electron chi connectivity index (χ0n) is 13.7. The molecule has 22 heavy (non-hydrogen) atoms. The zero-order chi connectivity index (χ0) is 16.9. The van der Waals surface area contributed by atoms with Gasteiger partial charge in [0.15, 0.2) is 0 Å². The monoisotopic (exact) mass is 305 g/mol. The largest absolute Gasteiger partial charge is 0.355 e. The van der Waals surface area contributed by atoms with Crippen LogP contribution in [-0.4, -0.2) is 29.1 Å². The first-order valence-corrected chi connectivity index (χ1v) is 7.17. The van der Waals surface area contributed by atoms with E-state index in [9.17, 15) is 9.59 Å². The van der Waals surface area contributed by atoms with Crippen molar-refractivity contribution in [2.45, 2.75) is 46.2 Å². The molecule has 1 atom stereocenters. The summed E-state index contributed by atoms with van der Waals surface area (Å²) < 4.78 is 1.81. The van der Waals surface area contributed by atoms with E-state index < -0.39 is 12.1 Å². The number of amides is 3. The maximum absolute atomic E-state index is 12.0. The van der Waals surface area contributed by atoms with Gasteiger partial charge >= 0.3 is 6.03 Å². The minimum Gasteiger partial charge on any atom is -0.355 e. The van der Waals surface area contributed by atoms with Crippen LogP contribution in [0.2, 0.25) is 0 Å². The summed E-state index contributed by atoms with van der Waals surface area (Å²) >= 11 is 0. The molecule has 1 aromatic rings. The van der Waals surface area contributed by atoms with Crippen LogP contribution in [0, 0.1) is 11.3 Å². The predicted molar refractivity (Wildman–Crippen MR) is 84.4 cm³/mol. The van der Waals surface area contributed by atoms with Crippen LogP contribution in [0.1, 0.15) is 40.2 Å². The maximum atomic E-state index is 12.0. The predicted octanol–water partition coefficient (Wildman–Crippen LogP) is 1.76. The molecular weight excluding hydrogens is 282 g/mol. The van der Waals surface area contributed by atoms with Gasteiger partial charge in [0.1, 0.15) is 17.9 Å². The van der Waals surface area contributed by atoms with E-state index in [0.717, 1.165) is 0 Å². The number of hydrogen-bond acceptors (Lipinski definition) is 3. The Kier molecular flexibility index (Phi) is 5.57. The molecule has 3 N–H and O–H groups in total.